The molecule has 5 nitrogen and oxygen atoms in total. The Morgan fingerprint density at radius 3 is 2.84 bits per heavy atom. The topological polar surface area (TPSA) is 74.2 Å². The smallest absolute Gasteiger partial charge is 0.229 e. The minimum atomic E-state index is -0.321. The number of hydrogen-bond donors (Lipinski definition) is 1. The first-order valence-corrected chi connectivity index (χ1v) is 5.95. The zero-order chi connectivity index (χ0) is 13.8. The van der Waals surface area contributed by atoms with Crippen LogP contribution in [0.2, 0.25) is 0 Å². The molecule has 102 valence electrons. The van der Waals surface area contributed by atoms with Crippen LogP contribution in [0.5, 0.6) is 0 Å². The van der Waals surface area contributed by atoms with E-state index in [1.807, 2.05) is 6.92 Å². The van der Waals surface area contributed by atoms with Gasteiger partial charge in [-0.15, -0.1) is 0 Å². The van der Waals surface area contributed by atoms with Crippen LogP contribution in [-0.4, -0.2) is 29.9 Å². The third kappa shape index (κ3) is 3.36. The van der Waals surface area contributed by atoms with Crippen LogP contribution < -0.4 is 5.73 Å². The van der Waals surface area contributed by atoms with Crippen LogP contribution in [0.1, 0.15) is 11.5 Å². The van der Waals surface area contributed by atoms with E-state index < -0.39 is 0 Å². The first-order chi connectivity index (χ1) is 9.12. The quantitative estimate of drug-likeness (QED) is 0.890. The number of halogens is 1. The van der Waals surface area contributed by atoms with Crippen molar-refractivity contribution in [3.8, 4) is 11.4 Å². The molecule has 0 fully saturated rings. The van der Waals surface area contributed by atoms with Crippen molar-refractivity contribution in [2.75, 3.05) is 13.7 Å². The Kier molecular flexibility index (Phi) is 4.24. The van der Waals surface area contributed by atoms with Crippen molar-refractivity contribution in [3.63, 3.8) is 0 Å². The van der Waals surface area contributed by atoms with Gasteiger partial charge in [0, 0.05) is 19.2 Å². The maximum Gasteiger partial charge on any atom is 0.229 e. The first-order valence-electron chi connectivity index (χ1n) is 5.95. The minimum absolute atomic E-state index is 0.164. The Hall–Kier alpha value is -1.79. The fourth-order valence-corrected chi connectivity index (χ4v) is 1.78. The van der Waals surface area contributed by atoms with Crippen LogP contribution in [0.4, 0.5) is 4.39 Å². The highest BCUT2D eigenvalue weighted by Crippen LogP contribution is 2.19. The fourth-order valence-electron chi connectivity index (χ4n) is 1.78. The Morgan fingerprint density at radius 2 is 2.21 bits per heavy atom. The number of ether oxygens (including phenoxy) is 1. The molecule has 2 N–H and O–H groups in total. The van der Waals surface area contributed by atoms with Gasteiger partial charge in [-0.25, -0.2) is 4.39 Å². The van der Waals surface area contributed by atoms with Gasteiger partial charge in [-0.2, -0.15) is 4.98 Å². The predicted octanol–water partition coefficient (Wildman–Crippen LogP) is 1.70. The number of methoxy groups -OCH3 is 1. The maximum absolute atomic E-state index is 13.3. The van der Waals surface area contributed by atoms with Gasteiger partial charge in [-0.3, -0.25) is 0 Å². The minimum Gasteiger partial charge on any atom is -0.380 e. The number of nitrogens with two attached hydrogens (primary N) is 1. The fraction of sp³-hybridized carbons (Fsp3) is 0.385. The molecule has 0 aliphatic rings. The van der Waals surface area contributed by atoms with Crippen LogP contribution >= 0.6 is 0 Å². The molecule has 1 aromatic carbocycles. The van der Waals surface area contributed by atoms with Crippen molar-refractivity contribution in [1.82, 2.24) is 10.1 Å². The molecule has 6 heteroatoms. The van der Waals surface area contributed by atoms with Crippen molar-refractivity contribution in [2.24, 2.45) is 5.73 Å². The molecule has 2 rings (SSSR count). The van der Waals surface area contributed by atoms with E-state index >= 15 is 0 Å². The number of rotatable bonds is 5. The van der Waals surface area contributed by atoms with Gasteiger partial charge in [0.15, 0.2) is 0 Å². The first kappa shape index (κ1) is 13.6. The van der Waals surface area contributed by atoms with Crippen LogP contribution in [0.3, 0.4) is 0 Å². The zero-order valence-corrected chi connectivity index (χ0v) is 10.9. The summed E-state index contributed by atoms with van der Waals surface area (Å²) in [4.78, 5) is 4.22. The third-order valence-corrected chi connectivity index (χ3v) is 2.77. The molecule has 0 aliphatic heterocycles. The van der Waals surface area contributed by atoms with Gasteiger partial charge in [0.05, 0.1) is 12.5 Å². The highest BCUT2D eigenvalue weighted by Gasteiger charge is 2.14. The monoisotopic (exact) mass is 265 g/mol. The van der Waals surface area contributed by atoms with Gasteiger partial charge in [0.1, 0.15) is 5.82 Å². The van der Waals surface area contributed by atoms with Crippen molar-refractivity contribution in [3.05, 3.63) is 35.5 Å². The van der Waals surface area contributed by atoms with Gasteiger partial charge in [0.25, 0.3) is 0 Å². The number of hydrogen-bond acceptors (Lipinski definition) is 5. The van der Waals surface area contributed by atoms with Gasteiger partial charge in [-0.1, -0.05) is 5.16 Å². The van der Waals surface area contributed by atoms with Gasteiger partial charge < -0.3 is 15.0 Å². The standard InChI is InChI=1S/C13H16FN3O2/c1-8-3-9(5-10(14)4-8)13-16-12(19-17-13)6-11(7-15)18-2/h3-5,11H,6-7,15H2,1-2H3. The average molecular weight is 265 g/mol. The summed E-state index contributed by atoms with van der Waals surface area (Å²) in [6.07, 6.45) is 0.274. The summed E-state index contributed by atoms with van der Waals surface area (Å²) in [5.41, 5.74) is 6.92. The molecule has 1 heterocycles. The Morgan fingerprint density at radius 1 is 1.42 bits per heavy atom. The second kappa shape index (κ2) is 5.90. The molecular weight excluding hydrogens is 249 g/mol. The molecule has 0 saturated carbocycles. The van der Waals surface area contributed by atoms with E-state index in [2.05, 4.69) is 10.1 Å². The highest BCUT2D eigenvalue weighted by molar-refractivity contribution is 5.55. The average Bonchev–Trinajstić information content (AvgIpc) is 2.83. The van der Waals surface area contributed by atoms with E-state index in [0.717, 1.165) is 5.56 Å². The Bertz CT molecular complexity index is 532. The lowest BCUT2D eigenvalue weighted by atomic mass is 10.1. The summed E-state index contributed by atoms with van der Waals surface area (Å²) in [6.45, 7) is 2.18. The molecule has 0 spiro atoms. The largest absolute Gasteiger partial charge is 0.380 e. The molecule has 2 aromatic rings. The lowest BCUT2D eigenvalue weighted by molar-refractivity contribution is 0.102. The van der Waals surface area contributed by atoms with Gasteiger partial charge in [-0.05, 0) is 30.7 Å². The van der Waals surface area contributed by atoms with E-state index in [-0.39, 0.29) is 11.9 Å². The van der Waals surface area contributed by atoms with Crippen LogP contribution in [0.25, 0.3) is 11.4 Å². The maximum atomic E-state index is 13.3. The molecule has 1 unspecified atom stereocenters. The molecule has 19 heavy (non-hydrogen) atoms. The lowest BCUT2D eigenvalue weighted by Crippen LogP contribution is -2.24. The third-order valence-electron chi connectivity index (χ3n) is 2.77. The molecule has 0 radical (unpaired) electrons. The van der Waals surface area contributed by atoms with E-state index in [1.165, 1.54) is 12.1 Å². The van der Waals surface area contributed by atoms with Crippen LogP contribution in [0.15, 0.2) is 22.7 Å². The Labute approximate surface area is 110 Å². The highest BCUT2D eigenvalue weighted by atomic mass is 19.1. The van der Waals surface area contributed by atoms with Crippen molar-refractivity contribution < 1.29 is 13.7 Å². The molecule has 0 saturated heterocycles. The molecule has 1 aromatic heterocycles. The second-order valence-electron chi connectivity index (χ2n) is 4.33. The second-order valence-corrected chi connectivity index (χ2v) is 4.33. The molecule has 0 amide bonds. The summed E-state index contributed by atoms with van der Waals surface area (Å²) in [7, 11) is 1.57. The van der Waals surface area contributed by atoms with Gasteiger partial charge in [0.2, 0.25) is 11.7 Å². The molecular formula is C13H16FN3O2. The number of nitrogens with zero attached hydrogens (tertiary/aromatic N) is 2. The zero-order valence-electron chi connectivity index (χ0n) is 10.9. The molecule has 1 atom stereocenters. The van der Waals surface area contributed by atoms with Crippen molar-refractivity contribution >= 4 is 0 Å². The van der Waals surface area contributed by atoms with E-state index in [9.17, 15) is 4.39 Å². The van der Waals surface area contributed by atoms with Crippen LogP contribution in [-0.2, 0) is 11.2 Å². The summed E-state index contributed by atoms with van der Waals surface area (Å²) in [5.74, 6) is 0.469. The van der Waals surface area contributed by atoms with E-state index in [1.54, 1.807) is 13.2 Å². The molecule has 0 aliphatic carbocycles. The van der Waals surface area contributed by atoms with Gasteiger partial charge >= 0.3 is 0 Å². The Balaban J connectivity index is 2.20. The van der Waals surface area contributed by atoms with Crippen molar-refractivity contribution in [2.45, 2.75) is 19.4 Å². The summed E-state index contributed by atoms with van der Waals surface area (Å²) in [5, 5.41) is 3.84. The number of aryl methyl sites for hydroxylation is 1. The van der Waals surface area contributed by atoms with E-state index in [0.29, 0.717) is 30.2 Å². The normalized spacial score (nSPS) is 12.6. The number of aromatic nitrogens is 2. The van der Waals surface area contributed by atoms with Crippen LogP contribution in [0, 0.1) is 12.7 Å². The number of benzene rings is 1. The summed E-state index contributed by atoms with van der Waals surface area (Å²) in [6, 6.07) is 4.62. The van der Waals surface area contributed by atoms with Crippen molar-refractivity contribution in [1.29, 1.82) is 0 Å². The SMILES string of the molecule is COC(CN)Cc1nc(-c2cc(C)cc(F)c2)no1. The summed E-state index contributed by atoms with van der Waals surface area (Å²) >= 11 is 0. The lowest BCUT2D eigenvalue weighted by Gasteiger charge is -2.08. The predicted molar refractivity (Wildman–Crippen MR) is 68.0 cm³/mol. The molecule has 0 bridgehead atoms. The summed E-state index contributed by atoms with van der Waals surface area (Å²) < 4.78 is 23.6. The van der Waals surface area contributed by atoms with E-state index in [4.69, 9.17) is 15.0 Å².